The van der Waals surface area contributed by atoms with Crippen LogP contribution in [-0.2, 0) is 0 Å². The molecule has 0 saturated carbocycles. The van der Waals surface area contributed by atoms with Crippen LogP contribution in [0, 0.1) is 6.92 Å². The summed E-state index contributed by atoms with van der Waals surface area (Å²) >= 11 is 0. The number of pyridine rings is 1. The number of nitrogens with zero attached hydrogens (tertiary/aromatic N) is 2. The minimum absolute atomic E-state index is 0.704. The van der Waals surface area contributed by atoms with E-state index in [-0.39, 0.29) is 0 Å². The summed E-state index contributed by atoms with van der Waals surface area (Å²) in [5, 5.41) is 0. The van der Waals surface area contributed by atoms with Crippen LogP contribution in [0.5, 0.6) is 0 Å². The van der Waals surface area contributed by atoms with Gasteiger partial charge in [-0.05, 0) is 18.6 Å². The highest BCUT2D eigenvalue weighted by Crippen LogP contribution is 2.14. The average Bonchev–Trinajstić information content (AvgIpc) is 2.58. The van der Waals surface area contributed by atoms with Crippen molar-refractivity contribution in [3.63, 3.8) is 0 Å². The van der Waals surface area contributed by atoms with Crippen LogP contribution >= 0.6 is 0 Å². The Morgan fingerprint density at radius 2 is 2.17 bits per heavy atom. The van der Waals surface area contributed by atoms with Crippen molar-refractivity contribution in [3.8, 4) is 11.5 Å². The second kappa shape index (κ2) is 2.77. The van der Waals surface area contributed by atoms with Gasteiger partial charge in [-0.25, -0.2) is 4.98 Å². The van der Waals surface area contributed by atoms with Crippen LogP contribution in [0.2, 0.25) is 0 Å². The second-order valence-electron chi connectivity index (χ2n) is 2.59. The van der Waals surface area contributed by atoms with E-state index >= 15 is 0 Å². The van der Waals surface area contributed by atoms with Gasteiger partial charge >= 0.3 is 0 Å². The Morgan fingerprint density at radius 1 is 1.25 bits per heavy atom. The van der Waals surface area contributed by atoms with Crippen LogP contribution in [0.15, 0.2) is 35.3 Å². The number of aryl methyl sites for hydroxylation is 1. The third-order valence-electron chi connectivity index (χ3n) is 1.60. The van der Waals surface area contributed by atoms with Crippen molar-refractivity contribution in [3.05, 3.63) is 36.5 Å². The lowest BCUT2D eigenvalue weighted by atomic mass is 10.2. The number of rotatable bonds is 1. The molecule has 0 aliphatic heterocycles. The highest BCUT2D eigenvalue weighted by Gasteiger charge is 2.00. The molecular weight excluding hydrogens is 152 g/mol. The SMILES string of the molecule is Cc1ccc(-c2cnco2)nc1. The average molecular weight is 160 g/mol. The van der Waals surface area contributed by atoms with Crippen molar-refractivity contribution >= 4 is 0 Å². The summed E-state index contributed by atoms with van der Waals surface area (Å²) < 4.78 is 5.09. The Hall–Kier alpha value is -1.64. The molecule has 0 amide bonds. The van der Waals surface area contributed by atoms with Crippen LogP contribution in [0.4, 0.5) is 0 Å². The number of hydrogen-bond acceptors (Lipinski definition) is 3. The van der Waals surface area contributed by atoms with Gasteiger partial charge in [-0.15, -0.1) is 0 Å². The molecule has 0 N–H and O–H groups in total. The Bertz CT molecular complexity index is 351. The van der Waals surface area contributed by atoms with Gasteiger partial charge in [0.25, 0.3) is 0 Å². The van der Waals surface area contributed by atoms with Crippen LogP contribution in [0.3, 0.4) is 0 Å². The van der Waals surface area contributed by atoms with Crippen molar-refractivity contribution in [1.82, 2.24) is 9.97 Å². The first-order chi connectivity index (χ1) is 5.86. The quantitative estimate of drug-likeness (QED) is 0.640. The molecule has 3 heteroatoms. The van der Waals surface area contributed by atoms with Gasteiger partial charge in [-0.2, -0.15) is 0 Å². The van der Waals surface area contributed by atoms with Gasteiger partial charge in [0, 0.05) is 6.20 Å². The van der Waals surface area contributed by atoms with Crippen LogP contribution in [0.25, 0.3) is 11.5 Å². The molecule has 0 spiro atoms. The first-order valence-corrected chi connectivity index (χ1v) is 3.68. The fraction of sp³-hybridized carbons (Fsp3) is 0.111. The molecule has 60 valence electrons. The molecule has 0 radical (unpaired) electrons. The second-order valence-corrected chi connectivity index (χ2v) is 2.59. The number of hydrogen-bond donors (Lipinski definition) is 0. The lowest BCUT2D eigenvalue weighted by Gasteiger charge is -1.94. The molecule has 0 atom stereocenters. The predicted octanol–water partition coefficient (Wildman–Crippen LogP) is 2.05. The first kappa shape index (κ1) is 7.03. The summed E-state index contributed by atoms with van der Waals surface area (Å²) in [7, 11) is 0. The minimum Gasteiger partial charge on any atom is -0.442 e. The van der Waals surface area contributed by atoms with Gasteiger partial charge in [-0.1, -0.05) is 6.07 Å². The summed E-state index contributed by atoms with van der Waals surface area (Å²) in [5.74, 6) is 0.704. The third-order valence-corrected chi connectivity index (χ3v) is 1.60. The fourth-order valence-electron chi connectivity index (χ4n) is 0.956. The summed E-state index contributed by atoms with van der Waals surface area (Å²) in [4.78, 5) is 8.00. The zero-order chi connectivity index (χ0) is 8.39. The van der Waals surface area contributed by atoms with Crippen molar-refractivity contribution in [2.45, 2.75) is 6.92 Å². The zero-order valence-corrected chi connectivity index (χ0v) is 6.69. The van der Waals surface area contributed by atoms with E-state index < -0.39 is 0 Å². The summed E-state index contributed by atoms with van der Waals surface area (Å²) in [6.45, 7) is 2.00. The van der Waals surface area contributed by atoms with Crippen molar-refractivity contribution in [1.29, 1.82) is 0 Å². The molecule has 2 aromatic rings. The lowest BCUT2D eigenvalue weighted by molar-refractivity contribution is 0.570. The molecule has 0 aliphatic carbocycles. The summed E-state index contributed by atoms with van der Waals surface area (Å²) in [6, 6.07) is 3.90. The molecule has 12 heavy (non-hydrogen) atoms. The van der Waals surface area contributed by atoms with Gasteiger partial charge in [0.15, 0.2) is 12.2 Å². The van der Waals surface area contributed by atoms with Crippen LogP contribution in [0.1, 0.15) is 5.56 Å². The van der Waals surface area contributed by atoms with Crippen molar-refractivity contribution < 1.29 is 4.42 Å². The molecule has 0 aromatic carbocycles. The predicted molar refractivity (Wildman–Crippen MR) is 44.5 cm³/mol. The normalized spacial score (nSPS) is 10.1. The maximum atomic E-state index is 5.09. The van der Waals surface area contributed by atoms with Gasteiger partial charge in [0.1, 0.15) is 5.69 Å². The van der Waals surface area contributed by atoms with E-state index in [9.17, 15) is 0 Å². The summed E-state index contributed by atoms with van der Waals surface area (Å²) in [6.07, 6.45) is 4.85. The molecule has 0 aliphatic rings. The largest absolute Gasteiger partial charge is 0.442 e. The first-order valence-electron chi connectivity index (χ1n) is 3.68. The molecule has 2 rings (SSSR count). The Balaban J connectivity index is 2.43. The van der Waals surface area contributed by atoms with E-state index in [1.165, 1.54) is 6.39 Å². The molecular formula is C9H8N2O. The fourth-order valence-corrected chi connectivity index (χ4v) is 0.956. The van der Waals surface area contributed by atoms with Crippen LogP contribution < -0.4 is 0 Å². The van der Waals surface area contributed by atoms with Crippen molar-refractivity contribution in [2.24, 2.45) is 0 Å². The van der Waals surface area contributed by atoms with E-state index in [0.29, 0.717) is 5.76 Å². The third kappa shape index (κ3) is 1.21. The van der Waals surface area contributed by atoms with E-state index in [1.54, 1.807) is 12.4 Å². The molecule has 0 unspecified atom stereocenters. The van der Waals surface area contributed by atoms with Crippen molar-refractivity contribution in [2.75, 3.05) is 0 Å². The molecule has 0 saturated heterocycles. The molecule has 3 nitrogen and oxygen atoms in total. The Morgan fingerprint density at radius 3 is 2.75 bits per heavy atom. The Kier molecular flexibility index (Phi) is 1.63. The molecule has 2 heterocycles. The smallest absolute Gasteiger partial charge is 0.181 e. The van der Waals surface area contributed by atoms with Gasteiger partial charge < -0.3 is 4.42 Å². The Labute approximate surface area is 70.1 Å². The monoisotopic (exact) mass is 160 g/mol. The molecule has 0 bridgehead atoms. The van der Waals surface area contributed by atoms with E-state index in [4.69, 9.17) is 4.42 Å². The topological polar surface area (TPSA) is 38.9 Å². The molecule has 0 fully saturated rings. The summed E-state index contributed by atoms with van der Waals surface area (Å²) in [5.41, 5.74) is 1.95. The van der Waals surface area contributed by atoms with Gasteiger partial charge in [-0.3, -0.25) is 4.98 Å². The maximum absolute atomic E-state index is 5.09. The molecule has 2 aromatic heterocycles. The number of aromatic nitrogens is 2. The van der Waals surface area contributed by atoms with Crippen LogP contribution in [-0.4, -0.2) is 9.97 Å². The highest BCUT2D eigenvalue weighted by molar-refractivity contribution is 5.49. The van der Waals surface area contributed by atoms with Gasteiger partial charge in [0.05, 0.1) is 6.20 Å². The van der Waals surface area contributed by atoms with Gasteiger partial charge in [0.2, 0.25) is 0 Å². The van der Waals surface area contributed by atoms with E-state index in [1.807, 2.05) is 19.1 Å². The standard InChI is InChI=1S/C9H8N2O/c1-7-2-3-8(11-4-7)9-5-10-6-12-9/h2-6H,1H3. The van der Waals surface area contributed by atoms with E-state index in [2.05, 4.69) is 9.97 Å². The lowest BCUT2D eigenvalue weighted by Crippen LogP contribution is -1.80. The minimum atomic E-state index is 0.704. The zero-order valence-electron chi connectivity index (χ0n) is 6.69. The van der Waals surface area contributed by atoms with E-state index in [0.717, 1.165) is 11.3 Å². The maximum Gasteiger partial charge on any atom is 0.181 e. The highest BCUT2D eigenvalue weighted by atomic mass is 16.3. The number of oxazole rings is 1.